The van der Waals surface area contributed by atoms with Gasteiger partial charge in [0, 0.05) is 12.7 Å². The molecule has 2 rings (SSSR count). The van der Waals surface area contributed by atoms with Gasteiger partial charge in [0.1, 0.15) is 12.4 Å². The van der Waals surface area contributed by atoms with Gasteiger partial charge in [-0.3, -0.25) is 0 Å². The maximum absolute atomic E-state index is 12.6. The van der Waals surface area contributed by atoms with Crippen LogP contribution < -0.4 is 4.74 Å². The fraction of sp³-hybridized carbons (Fsp3) is 0.250. The lowest BCUT2D eigenvalue weighted by atomic mass is 10.0. The van der Waals surface area contributed by atoms with Gasteiger partial charge in [0.15, 0.2) is 0 Å². The molecule has 0 aromatic heterocycles. The second-order valence-corrected chi connectivity index (χ2v) is 4.41. The lowest BCUT2D eigenvalue weighted by molar-refractivity contribution is -0.137. The normalized spacial score (nSPS) is 11.4. The molecule has 0 unspecified atom stereocenters. The second kappa shape index (κ2) is 6.63. The van der Waals surface area contributed by atoms with Crippen molar-refractivity contribution in [1.82, 2.24) is 0 Å². The summed E-state index contributed by atoms with van der Waals surface area (Å²) < 4.78 is 48.2. The Morgan fingerprint density at radius 2 is 1.57 bits per heavy atom. The first-order chi connectivity index (χ1) is 10.0. The molecule has 2 nitrogen and oxygen atoms in total. The molecule has 5 heteroatoms. The minimum Gasteiger partial charge on any atom is -0.491 e. The topological polar surface area (TPSA) is 18.5 Å². The van der Waals surface area contributed by atoms with Crippen LogP contribution in [-0.2, 0) is 10.9 Å². The highest BCUT2D eigenvalue weighted by Gasteiger charge is 2.30. The summed E-state index contributed by atoms with van der Waals surface area (Å²) in [5.41, 5.74) is 0.766. The monoisotopic (exact) mass is 296 g/mol. The Hall–Kier alpha value is -2.01. The average molecular weight is 296 g/mol. The van der Waals surface area contributed by atoms with Gasteiger partial charge in [-0.2, -0.15) is 13.2 Å². The Kier molecular flexibility index (Phi) is 4.85. The van der Waals surface area contributed by atoms with Gasteiger partial charge in [0.25, 0.3) is 0 Å². The van der Waals surface area contributed by atoms with Gasteiger partial charge in [-0.1, -0.05) is 30.3 Å². The Labute approximate surface area is 121 Å². The van der Waals surface area contributed by atoms with Crippen LogP contribution in [0.1, 0.15) is 5.56 Å². The molecule has 0 amide bonds. The number of benzene rings is 2. The van der Waals surface area contributed by atoms with Crippen molar-refractivity contribution in [2.24, 2.45) is 0 Å². The van der Waals surface area contributed by atoms with Crippen molar-refractivity contribution >= 4 is 0 Å². The molecule has 0 fully saturated rings. The predicted molar refractivity (Wildman–Crippen MR) is 74.3 cm³/mol. The number of methoxy groups -OCH3 is 1. The van der Waals surface area contributed by atoms with E-state index in [4.69, 9.17) is 9.47 Å². The summed E-state index contributed by atoms with van der Waals surface area (Å²) in [4.78, 5) is 0. The molecule has 0 aliphatic carbocycles. The van der Waals surface area contributed by atoms with Crippen LogP contribution in [0.4, 0.5) is 13.2 Å². The van der Waals surface area contributed by atoms with Crippen LogP contribution in [0.3, 0.4) is 0 Å². The molecular formula is C16H15F3O2. The maximum Gasteiger partial charge on any atom is 0.416 e. The Balaban J connectivity index is 2.25. The van der Waals surface area contributed by atoms with Crippen LogP contribution in [-0.4, -0.2) is 20.3 Å². The molecule has 0 heterocycles. The van der Waals surface area contributed by atoms with Gasteiger partial charge >= 0.3 is 6.18 Å². The van der Waals surface area contributed by atoms with Crippen molar-refractivity contribution in [2.45, 2.75) is 6.18 Å². The second-order valence-electron chi connectivity index (χ2n) is 4.41. The molecule has 112 valence electrons. The van der Waals surface area contributed by atoms with E-state index in [1.165, 1.54) is 12.1 Å². The first-order valence-electron chi connectivity index (χ1n) is 6.41. The van der Waals surface area contributed by atoms with E-state index in [9.17, 15) is 13.2 Å². The largest absolute Gasteiger partial charge is 0.491 e. The fourth-order valence-corrected chi connectivity index (χ4v) is 1.90. The van der Waals surface area contributed by atoms with E-state index in [0.29, 0.717) is 24.5 Å². The third-order valence-corrected chi connectivity index (χ3v) is 2.96. The van der Waals surface area contributed by atoms with Crippen molar-refractivity contribution in [3.05, 3.63) is 54.1 Å². The van der Waals surface area contributed by atoms with Crippen LogP contribution in [0.25, 0.3) is 11.1 Å². The van der Waals surface area contributed by atoms with Crippen LogP contribution in [0.5, 0.6) is 5.75 Å². The molecular weight excluding hydrogens is 281 g/mol. The summed E-state index contributed by atoms with van der Waals surface area (Å²) in [6.07, 6.45) is -4.33. The molecule has 0 bridgehead atoms. The van der Waals surface area contributed by atoms with Crippen molar-refractivity contribution < 1.29 is 22.6 Å². The van der Waals surface area contributed by atoms with E-state index >= 15 is 0 Å². The zero-order chi connectivity index (χ0) is 15.3. The predicted octanol–water partition coefficient (Wildman–Crippen LogP) is 4.40. The summed E-state index contributed by atoms with van der Waals surface area (Å²) in [5.74, 6) is 0.620. The van der Waals surface area contributed by atoms with Crippen LogP contribution in [0.2, 0.25) is 0 Å². The molecule has 0 spiro atoms. The number of hydrogen-bond donors (Lipinski definition) is 0. The fourth-order valence-electron chi connectivity index (χ4n) is 1.90. The maximum atomic E-state index is 12.6. The van der Waals surface area contributed by atoms with E-state index < -0.39 is 11.7 Å². The number of hydrogen-bond acceptors (Lipinski definition) is 2. The van der Waals surface area contributed by atoms with Gasteiger partial charge in [-0.15, -0.1) is 0 Å². The van der Waals surface area contributed by atoms with E-state index in [-0.39, 0.29) is 0 Å². The number of para-hydroxylation sites is 1. The van der Waals surface area contributed by atoms with Gasteiger partial charge in [0.05, 0.1) is 12.2 Å². The quantitative estimate of drug-likeness (QED) is 0.761. The first kappa shape index (κ1) is 15.4. The Bertz CT molecular complexity index is 577. The summed E-state index contributed by atoms with van der Waals surface area (Å²) in [7, 11) is 1.57. The zero-order valence-electron chi connectivity index (χ0n) is 11.5. The van der Waals surface area contributed by atoms with E-state index in [0.717, 1.165) is 17.7 Å². The van der Waals surface area contributed by atoms with Crippen LogP contribution in [0, 0.1) is 0 Å². The summed E-state index contributed by atoms with van der Waals surface area (Å²) in [5, 5.41) is 0. The van der Waals surface area contributed by atoms with Gasteiger partial charge in [0.2, 0.25) is 0 Å². The summed E-state index contributed by atoms with van der Waals surface area (Å²) in [6.45, 7) is 0.829. The molecule has 0 aliphatic heterocycles. The van der Waals surface area contributed by atoms with E-state index in [1.54, 1.807) is 13.2 Å². The highest BCUT2D eigenvalue weighted by Crippen LogP contribution is 2.33. The third-order valence-electron chi connectivity index (χ3n) is 2.96. The Morgan fingerprint density at radius 1 is 0.905 bits per heavy atom. The summed E-state index contributed by atoms with van der Waals surface area (Å²) >= 11 is 0. The highest BCUT2D eigenvalue weighted by atomic mass is 19.4. The minimum atomic E-state index is -4.33. The van der Waals surface area contributed by atoms with Gasteiger partial charge in [-0.25, -0.2) is 0 Å². The SMILES string of the molecule is COCCOc1ccccc1-c1ccc(C(F)(F)F)cc1. The smallest absolute Gasteiger partial charge is 0.416 e. The first-order valence-corrected chi connectivity index (χ1v) is 6.41. The van der Waals surface area contributed by atoms with Gasteiger partial charge in [-0.05, 0) is 23.8 Å². The molecule has 0 atom stereocenters. The molecule has 21 heavy (non-hydrogen) atoms. The standard InChI is InChI=1S/C16H15F3O2/c1-20-10-11-21-15-5-3-2-4-14(15)12-6-8-13(9-7-12)16(17,18)19/h2-9H,10-11H2,1H3. The number of ether oxygens (including phenoxy) is 2. The van der Waals surface area contributed by atoms with E-state index in [2.05, 4.69) is 0 Å². The van der Waals surface area contributed by atoms with Crippen LogP contribution in [0.15, 0.2) is 48.5 Å². The molecule has 2 aromatic carbocycles. The lowest BCUT2D eigenvalue weighted by Gasteiger charge is -2.12. The number of rotatable bonds is 5. The third kappa shape index (κ3) is 3.98. The summed E-state index contributed by atoms with van der Waals surface area (Å²) in [6, 6.07) is 12.3. The molecule has 0 aliphatic rings. The lowest BCUT2D eigenvalue weighted by Crippen LogP contribution is -2.05. The highest BCUT2D eigenvalue weighted by molar-refractivity contribution is 5.70. The van der Waals surface area contributed by atoms with Crippen LogP contribution >= 0.6 is 0 Å². The molecule has 0 radical (unpaired) electrons. The molecule has 0 N–H and O–H groups in total. The van der Waals surface area contributed by atoms with Gasteiger partial charge < -0.3 is 9.47 Å². The average Bonchev–Trinajstić information content (AvgIpc) is 2.47. The number of halogens is 3. The zero-order valence-corrected chi connectivity index (χ0v) is 11.5. The molecule has 0 saturated carbocycles. The van der Waals surface area contributed by atoms with Crippen molar-refractivity contribution in [1.29, 1.82) is 0 Å². The number of alkyl halides is 3. The van der Waals surface area contributed by atoms with Crippen molar-refractivity contribution in [3.63, 3.8) is 0 Å². The Morgan fingerprint density at radius 3 is 2.19 bits per heavy atom. The van der Waals surface area contributed by atoms with Crippen molar-refractivity contribution in [3.8, 4) is 16.9 Å². The minimum absolute atomic E-state index is 0.383. The van der Waals surface area contributed by atoms with E-state index in [1.807, 2.05) is 18.2 Å². The molecule has 0 saturated heterocycles. The van der Waals surface area contributed by atoms with Crippen molar-refractivity contribution in [2.75, 3.05) is 20.3 Å². The molecule has 2 aromatic rings.